The Bertz CT molecular complexity index is 214. The van der Waals surface area contributed by atoms with Gasteiger partial charge in [0.2, 0.25) is 0 Å². The molecule has 0 bridgehead atoms. The number of hydrogen-bond donors (Lipinski definition) is 0. The van der Waals surface area contributed by atoms with E-state index in [1.165, 1.54) is 0 Å². The summed E-state index contributed by atoms with van der Waals surface area (Å²) in [5.41, 5.74) is 0. The quantitative estimate of drug-likeness (QED) is 0.333. The molecule has 0 aromatic heterocycles. The van der Waals surface area contributed by atoms with Crippen LogP contribution in [0.2, 0.25) is 0 Å². The molecule has 1 fully saturated rings. The molecule has 0 saturated heterocycles. The van der Waals surface area contributed by atoms with Crippen LogP contribution in [-0.2, 0) is 14.3 Å². The molecule has 0 aromatic carbocycles. The molecule has 0 aromatic rings. The summed E-state index contributed by atoms with van der Waals surface area (Å²) in [4.78, 5) is 22.6. The zero-order valence-corrected chi connectivity index (χ0v) is 9.09. The van der Waals surface area contributed by atoms with Gasteiger partial charge in [-0.05, 0) is 19.8 Å². The van der Waals surface area contributed by atoms with Crippen molar-refractivity contribution in [2.45, 2.75) is 29.6 Å². The molecule has 68 valence electrons. The van der Waals surface area contributed by atoms with Gasteiger partial charge in [0.05, 0.1) is 6.61 Å². The summed E-state index contributed by atoms with van der Waals surface area (Å²) in [7, 11) is 0. The molecule has 12 heavy (non-hydrogen) atoms. The highest BCUT2D eigenvalue weighted by Gasteiger charge is 2.47. The lowest BCUT2D eigenvalue weighted by atomic mass is 10.1. The predicted octanol–water partition coefficient (Wildman–Crippen LogP) is 1.48. The SMILES string of the molecule is CCOC(=O)C1(I)CCCC1=O. The monoisotopic (exact) mass is 282 g/mol. The average Bonchev–Trinajstić information content (AvgIpc) is 2.34. The number of carbonyl (C=O) groups excluding carboxylic acids is 2. The Morgan fingerprint density at radius 1 is 1.75 bits per heavy atom. The van der Waals surface area contributed by atoms with Crippen molar-refractivity contribution in [2.24, 2.45) is 0 Å². The van der Waals surface area contributed by atoms with Gasteiger partial charge in [-0.1, -0.05) is 22.6 Å². The molecule has 0 radical (unpaired) electrons. The number of carbonyl (C=O) groups is 2. The van der Waals surface area contributed by atoms with Crippen molar-refractivity contribution in [3.05, 3.63) is 0 Å². The van der Waals surface area contributed by atoms with Gasteiger partial charge >= 0.3 is 5.97 Å². The fraction of sp³-hybridized carbons (Fsp3) is 0.750. The van der Waals surface area contributed by atoms with Gasteiger partial charge in [0.15, 0.2) is 9.20 Å². The molecule has 1 saturated carbocycles. The van der Waals surface area contributed by atoms with E-state index < -0.39 is 3.42 Å². The van der Waals surface area contributed by atoms with Crippen molar-refractivity contribution in [1.29, 1.82) is 0 Å². The van der Waals surface area contributed by atoms with Crippen LogP contribution in [0.1, 0.15) is 26.2 Å². The normalized spacial score (nSPS) is 29.0. The minimum absolute atomic E-state index is 0.0153. The molecule has 0 heterocycles. The van der Waals surface area contributed by atoms with Gasteiger partial charge < -0.3 is 4.74 Å². The van der Waals surface area contributed by atoms with Crippen LogP contribution in [0.3, 0.4) is 0 Å². The van der Waals surface area contributed by atoms with Crippen molar-refractivity contribution in [1.82, 2.24) is 0 Å². The maximum Gasteiger partial charge on any atom is 0.329 e. The van der Waals surface area contributed by atoms with E-state index in [2.05, 4.69) is 0 Å². The van der Waals surface area contributed by atoms with Crippen LogP contribution in [0.4, 0.5) is 0 Å². The van der Waals surface area contributed by atoms with E-state index in [0.717, 1.165) is 6.42 Å². The first kappa shape index (κ1) is 9.95. The van der Waals surface area contributed by atoms with Crippen LogP contribution < -0.4 is 0 Å². The van der Waals surface area contributed by atoms with Gasteiger partial charge in [-0.3, -0.25) is 9.59 Å². The highest BCUT2D eigenvalue weighted by Crippen LogP contribution is 2.36. The fourth-order valence-electron chi connectivity index (χ4n) is 1.29. The zero-order valence-electron chi connectivity index (χ0n) is 6.93. The van der Waals surface area contributed by atoms with Gasteiger partial charge in [-0.15, -0.1) is 0 Å². The third kappa shape index (κ3) is 1.62. The largest absolute Gasteiger partial charge is 0.465 e. The number of ketones is 1. The van der Waals surface area contributed by atoms with Crippen LogP contribution in [0.15, 0.2) is 0 Å². The Balaban J connectivity index is 2.70. The highest BCUT2D eigenvalue weighted by molar-refractivity contribution is 14.1. The van der Waals surface area contributed by atoms with Crippen molar-refractivity contribution in [3.8, 4) is 0 Å². The number of esters is 1. The molecule has 1 unspecified atom stereocenters. The molecule has 4 heteroatoms. The maximum atomic E-state index is 11.3. The molecular formula is C8H11IO3. The number of hydrogen-bond acceptors (Lipinski definition) is 3. The number of halogens is 1. The van der Waals surface area contributed by atoms with E-state index in [4.69, 9.17) is 4.74 Å². The van der Waals surface area contributed by atoms with E-state index in [9.17, 15) is 9.59 Å². The molecule has 0 amide bonds. The second kappa shape index (κ2) is 3.72. The van der Waals surface area contributed by atoms with Crippen LogP contribution >= 0.6 is 22.6 Å². The first-order valence-corrected chi connectivity index (χ1v) is 5.08. The van der Waals surface area contributed by atoms with Gasteiger partial charge in [-0.2, -0.15) is 0 Å². The lowest BCUT2D eigenvalue weighted by Crippen LogP contribution is -2.37. The van der Waals surface area contributed by atoms with E-state index in [-0.39, 0.29) is 11.8 Å². The lowest BCUT2D eigenvalue weighted by Gasteiger charge is -2.16. The molecule has 1 aliphatic carbocycles. The third-order valence-corrected chi connectivity index (χ3v) is 3.55. The van der Waals surface area contributed by atoms with Gasteiger partial charge in [-0.25, -0.2) is 0 Å². The van der Waals surface area contributed by atoms with Gasteiger partial charge in [0.25, 0.3) is 0 Å². The number of ether oxygens (including phenoxy) is 1. The van der Waals surface area contributed by atoms with Crippen molar-refractivity contribution < 1.29 is 14.3 Å². The Hall–Kier alpha value is -0.130. The Morgan fingerprint density at radius 3 is 2.83 bits per heavy atom. The first-order chi connectivity index (χ1) is 5.61. The van der Waals surface area contributed by atoms with Crippen LogP contribution in [0, 0.1) is 0 Å². The predicted molar refractivity (Wildman–Crippen MR) is 52.2 cm³/mol. The van der Waals surface area contributed by atoms with Gasteiger partial charge in [0.1, 0.15) is 0 Å². The average molecular weight is 282 g/mol. The fourth-order valence-corrected chi connectivity index (χ4v) is 2.10. The molecule has 0 aliphatic heterocycles. The van der Waals surface area contributed by atoms with E-state index >= 15 is 0 Å². The van der Waals surface area contributed by atoms with Gasteiger partial charge in [0, 0.05) is 6.42 Å². The number of Topliss-reactive ketones (excluding diaryl/α,β-unsaturated/α-hetero) is 1. The number of rotatable bonds is 2. The third-order valence-electron chi connectivity index (χ3n) is 1.97. The Kier molecular flexibility index (Phi) is 3.09. The minimum atomic E-state index is -0.867. The molecule has 1 aliphatic rings. The topological polar surface area (TPSA) is 43.4 Å². The van der Waals surface area contributed by atoms with Crippen LogP contribution in [0.5, 0.6) is 0 Å². The standard InChI is InChI=1S/C8H11IO3/c1-2-12-7(11)8(9)5-3-4-6(8)10/h2-5H2,1H3. The van der Waals surface area contributed by atoms with E-state index in [0.29, 0.717) is 19.4 Å². The van der Waals surface area contributed by atoms with Crippen molar-refractivity contribution >= 4 is 34.3 Å². The molecule has 3 nitrogen and oxygen atoms in total. The minimum Gasteiger partial charge on any atom is -0.465 e. The summed E-state index contributed by atoms with van der Waals surface area (Å²) in [5.74, 6) is -0.352. The van der Waals surface area contributed by atoms with Crippen molar-refractivity contribution in [2.75, 3.05) is 6.61 Å². The Labute approximate surface area is 85.0 Å². The summed E-state index contributed by atoms with van der Waals surface area (Å²) in [6.07, 6.45) is 1.95. The summed E-state index contributed by atoms with van der Waals surface area (Å²) < 4.78 is 3.96. The summed E-state index contributed by atoms with van der Waals surface area (Å²) in [6.45, 7) is 2.09. The highest BCUT2D eigenvalue weighted by atomic mass is 127. The van der Waals surface area contributed by atoms with E-state index in [1.807, 2.05) is 22.6 Å². The van der Waals surface area contributed by atoms with Crippen LogP contribution in [-0.4, -0.2) is 21.8 Å². The molecule has 0 N–H and O–H groups in total. The molecular weight excluding hydrogens is 271 g/mol. The lowest BCUT2D eigenvalue weighted by molar-refractivity contribution is -0.147. The maximum absolute atomic E-state index is 11.3. The summed E-state index contributed by atoms with van der Waals surface area (Å²) in [5, 5.41) is 0. The summed E-state index contributed by atoms with van der Waals surface area (Å²) >= 11 is 1.92. The number of alkyl halides is 1. The Morgan fingerprint density at radius 2 is 2.42 bits per heavy atom. The molecule has 1 atom stereocenters. The van der Waals surface area contributed by atoms with Crippen molar-refractivity contribution in [3.63, 3.8) is 0 Å². The first-order valence-electron chi connectivity index (χ1n) is 4.00. The van der Waals surface area contributed by atoms with E-state index in [1.54, 1.807) is 6.92 Å². The second-order valence-corrected chi connectivity index (χ2v) is 4.64. The second-order valence-electron chi connectivity index (χ2n) is 2.80. The zero-order chi connectivity index (χ0) is 9.19. The smallest absolute Gasteiger partial charge is 0.329 e. The van der Waals surface area contributed by atoms with Crippen LogP contribution in [0.25, 0.3) is 0 Å². The summed E-state index contributed by atoms with van der Waals surface area (Å²) in [6, 6.07) is 0. The molecule has 1 rings (SSSR count). The molecule has 0 spiro atoms.